The summed E-state index contributed by atoms with van der Waals surface area (Å²) in [4.78, 5) is 23.7. The lowest BCUT2D eigenvalue weighted by Gasteiger charge is -2.13. The first-order valence-electron chi connectivity index (χ1n) is 8.13. The Bertz CT molecular complexity index is 745. The van der Waals surface area contributed by atoms with E-state index in [1.807, 2.05) is 6.92 Å². The lowest BCUT2D eigenvalue weighted by molar-refractivity contribution is -0.114. The minimum absolute atomic E-state index is 0.232. The molecule has 0 aliphatic heterocycles. The van der Waals surface area contributed by atoms with Crippen LogP contribution in [-0.2, 0) is 4.79 Å². The van der Waals surface area contributed by atoms with E-state index in [-0.39, 0.29) is 17.6 Å². The molecule has 0 aliphatic carbocycles. The number of anilines is 1. The van der Waals surface area contributed by atoms with Gasteiger partial charge in [0.15, 0.2) is 0 Å². The van der Waals surface area contributed by atoms with Gasteiger partial charge in [-0.2, -0.15) is 0 Å². The molecule has 0 spiro atoms. The average Bonchev–Trinajstić information content (AvgIpc) is 2.58. The predicted molar refractivity (Wildman–Crippen MR) is 94.5 cm³/mol. The predicted octanol–water partition coefficient (Wildman–Crippen LogP) is 4.11. The third kappa shape index (κ3) is 5.60. The number of carbonyl (C=O) groups excluding carboxylic acids is 2. The molecule has 0 unspecified atom stereocenters. The van der Waals surface area contributed by atoms with Crippen LogP contribution in [0.5, 0.6) is 11.5 Å². The molecule has 0 radical (unpaired) electrons. The van der Waals surface area contributed by atoms with Crippen molar-refractivity contribution in [3.63, 3.8) is 0 Å². The van der Waals surface area contributed by atoms with E-state index in [9.17, 15) is 14.0 Å². The smallest absolute Gasteiger partial charge is 0.255 e. The van der Waals surface area contributed by atoms with Crippen molar-refractivity contribution in [1.29, 1.82) is 0 Å². The number of nitrogens with one attached hydrogen (secondary N) is 2. The minimum atomic E-state index is -0.370. The van der Waals surface area contributed by atoms with E-state index >= 15 is 0 Å². The van der Waals surface area contributed by atoms with Crippen LogP contribution >= 0.6 is 0 Å². The second-order valence-electron chi connectivity index (χ2n) is 5.56. The molecule has 0 saturated heterocycles. The summed E-state index contributed by atoms with van der Waals surface area (Å²) >= 11 is 0. The van der Waals surface area contributed by atoms with Gasteiger partial charge in [0.2, 0.25) is 5.91 Å². The van der Waals surface area contributed by atoms with E-state index < -0.39 is 0 Å². The molecule has 2 aromatic carbocycles. The van der Waals surface area contributed by atoms with Gasteiger partial charge in [-0.15, -0.1) is 0 Å². The van der Waals surface area contributed by atoms with Gasteiger partial charge >= 0.3 is 0 Å². The molecule has 2 amide bonds. The topological polar surface area (TPSA) is 67.4 Å². The van der Waals surface area contributed by atoms with Gasteiger partial charge in [-0.1, -0.05) is 13.3 Å². The molecule has 25 heavy (non-hydrogen) atoms. The van der Waals surface area contributed by atoms with Crippen molar-refractivity contribution in [2.24, 2.45) is 0 Å². The zero-order valence-electron chi connectivity index (χ0n) is 14.3. The van der Waals surface area contributed by atoms with Crippen LogP contribution in [0.3, 0.4) is 0 Å². The summed E-state index contributed by atoms with van der Waals surface area (Å²) in [6, 6.07) is 10.3. The summed E-state index contributed by atoms with van der Waals surface area (Å²) in [7, 11) is 0. The van der Waals surface area contributed by atoms with Gasteiger partial charge in [-0.05, 0) is 48.9 Å². The van der Waals surface area contributed by atoms with E-state index in [4.69, 9.17) is 4.74 Å². The first-order chi connectivity index (χ1) is 12.0. The number of ether oxygens (including phenoxy) is 1. The van der Waals surface area contributed by atoms with Gasteiger partial charge in [0.1, 0.15) is 17.3 Å². The number of carbonyl (C=O) groups is 2. The van der Waals surface area contributed by atoms with Crippen LogP contribution in [0.1, 0.15) is 37.0 Å². The highest BCUT2D eigenvalue weighted by atomic mass is 19.1. The Kier molecular flexibility index (Phi) is 6.51. The SMILES string of the molecule is CCCCNC(=O)c1cc(NC(C)=O)ccc1Oc1ccc(F)cc1. The maximum absolute atomic E-state index is 13.0. The summed E-state index contributed by atoms with van der Waals surface area (Å²) in [6.45, 7) is 3.98. The van der Waals surface area contributed by atoms with Crippen molar-refractivity contribution in [3.8, 4) is 11.5 Å². The van der Waals surface area contributed by atoms with Crippen molar-refractivity contribution >= 4 is 17.5 Å². The molecular formula is C19H21FN2O3. The Labute approximate surface area is 146 Å². The average molecular weight is 344 g/mol. The van der Waals surface area contributed by atoms with Gasteiger partial charge in [0, 0.05) is 19.2 Å². The summed E-state index contributed by atoms with van der Waals surface area (Å²) in [5.41, 5.74) is 0.797. The van der Waals surface area contributed by atoms with Crippen molar-refractivity contribution in [1.82, 2.24) is 5.32 Å². The normalized spacial score (nSPS) is 10.2. The fourth-order valence-corrected chi connectivity index (χ4v) is 2.18. The molecular weight excluding hydrogens is 323 g/mol. The molecule has 2 rings (SSSR count). The van der Waals surface area contributed by atoms with Crippen LogP contribution in [0.15, 0.2) is 42.5 Å². The fourth-order valence-electron chi connectivity index (χ4n) is 2.18. The highest BCUT2D eigenvalue weighted by Crippen LogP contribution is 2.28. The Balaban J connectivity index is 2.27. The third-order valence-corrected chi connectivity index (χ3v) is 3.40. The largest absolute Gasteiger partial charge is 0.457 e. The highest BCUT2D eigenvalue weighted by Gasteiger charge is 2.15. The van der Waals surface area contributed by atoms with E-state index in [0.29, 0.717) is 29.3 Å². The zero-order valence-corrected chi connectivity index (χ0v) is 14.3. The van der Waals surface area contributed by atoms with Crippen molar-refractivity contribution in [2.45, 2.75) is 26.7 Å². The van der Waals surface area contributed by atoms with Gasteiger partial charge in [0.05, 0.1) is 5.56 Å². The maximum Gasteiger partial charge on any atom is 0.255 e. The molecule has 0 atom stereocenters. The van der Waals surface area contributed by atoms with Gasteiger partial charge < -0.3 is 15.4 Å². The Hall–Kier alpha value is -2.89. The first-order valence-corrected chi connectivity index (χ1v) is 8.13. The molecule has 132 valence electrons. The molecule has 0 fully saturated rings. The molecule has 6 heteroatoms. The van der Waals surface area contributed by atoms with Crippen molar-refractivity contribution in [3.05, 3.63) is 53.8 Å². The fraction of sp³-hybridized carbons (Fsp3) is 0.263. The number of benzene rings is 2. The monoisotopic (exact) mass is 344 g/mol. The van der Waals surface area contributed by atoms with E-state index in [2.05, 4.69) is 10.6 Å². The number of hydrogen-bond donors (Lipinski definition) is 2. The Morgan fingerprint density at radius 2 is 1.84 bits per heavy atom. The van der Waals surface area contributed by atoms with Crippen LogP contribution < -0.4 is 15.4 Å². The maximum atomic E-state index is 13.0. The van der Waals surface area contributed by atoms with E-state index in [1.165, 1.54) is 31.2 Å². The molecule has 0 aromatic heterocycles. The number of amides is 2. The number of rotatable bonds is 7. The lowest BCUT2D eigenvalue weighted by Crippen LogP contribution is -2.25. The van der Waals surface area contributed by atoms with Gasteiger partial charge in [0.25, 0.3) is 5.91 Å². The number of unbranched alkanes of at least 4 members (excludes halogenated alkanes) is 1. The standard InChI is InChI=1S/C19H21FN2O3/c1-3-4-11-21-19(24)17-12-15(22-13(2)23)7-10-18(17)25-16-8-5-14(20)6-9-16/h5-10,12H,3-4,11H2,1-2H3,(H,21,24)(H,22,23). The minimum Gasteiger partial charge on any atom is -0.457 e. The van der Waals surface area contributed by atoms with Crippen LogP contribution in [0.25, 0.3) is 0 Å². The molecule has 5 nitrogen and oxygen atoms in total. The highest BCUT2D eigenvalue weighted by molar-refractivity contribution is 5.99. The Morgan fingerprint density at radius 3 is 2.48 bits per heavy atom. The summed E-state index contributed by atoms with van der Waals surface area (Å²) < 4.78 is 18.7. The zero-order chi connectivity index (χ0) is 18.2. The molecule has 2 N–H and O–H groups in total. The lowest BCUT2D eigenvalue weighted by atomic mass is 10.1. The molecule has 0 heterocycles. The summed E-state index contributed by atoms with van der Waals surface area (Å²) in [6.07, 6.45) is 1.83. The Morgan fingerprint density at radius 1 is 1.12 bits per heavy atom. The molecule has 0 saturated carbocycles. The van der Waals surface area contributed by atoms with Crippen LogP contribution in [-0.4, -0.2) is 18.4 Å². The second-order valence-corrected chi connectivity index (χ2v) is 5.56. The second kappa shape index (κ2) is 8.82. The van der Waals surface area contributed by atoms with E-state index in [1.54, 1.807) is 18.2 Å². The van der Waals surface area contributed by atoms with Gasteiger partial charge in [-0.25, -0.2) is 4.39 Å². The van der Waals surface area contributed by atoms with Crippen molar-refractivity contribution < 1.29 is 18.7 Å². The number of halogens is 1. The molecule has 0 bridgehead atoms. The van der Waals surface area contributed by atoms with Crippen LogP contribution in [0.2, 0.25) is 0 Å². The first kappa shape index (κ1) is 18.4. The summed E-state index contributed by atoms with van der Waals surface area (Å²) in [5.74, 6) is -0.154. The number of hydrogen-bond acceptors (Lipinski definition) is 3. The van der Waals surface area contributed by atoms with Crippen LogP contribution in [0, 0.1) is 5.82 Å². The van der Waals surface area contributed by atoms with Gasteiger partial charge in [-0.3, -0.25) is 9.59 Å². The van der Waals surface area contributed by atoms with Crippen LogP contribution in [0.4, 0.5) is 10.1 Å². The third-order valence-electron chi connectivity index (χ3n) is 3.40. The molecule has 2 aromatic rings. The van der Waals surface area contributed by atoms with Crippen molar-refractivity contribution in [2.75, 3.05) is 11.9 Å². The van der Waals surface area contributed by atoms with E-state index in [0.717, 1.165) is 12.8 Å². The molecule has 0 aliphatic rings. The quantitative estimate of drug-likeness (QED) is 0.743. The summed E-state index contributed by atoms with van der Waals surface area (Å²) in [5, 5.41) is 5.47.